The Hall–Kier alpha value is -1.81. The molecule has 4 heteroatoms. The predicted molar refractivity (Wildman–Crippen MR) is 72.5 cm³/mol. The Kier molecular flexibility index (Phi) is 3.02. The van der Waals surface area contributed by atoms with Crippen molar-refractivity contribution in [1.29, 1.82) is 0 Å². The van der Waals surface area contributed by atoms with Crippen molar-refractivity contribution in [2.24, 2.45) is 5.92 Å². The molecule has 1 heterocycles. The summed E-state index contributed by atoms with van der Waals surface area (Å²) < 4.78 is 0. The Morgan fingerprint density at radius 2 is 2.22 bits per heavy atom. The summed E-state index contributed by atoms with van der Waals surface area (Å²) in [6, 6.07) is 7.83. The average molecular weight is 243 g/mol. The third kappa shape index (κ3) is 2.54. The molecule has 1 saturated carbocycles. The molecule has 1 fully saturated rings. The lowest BCUT2D eigenvalue weighted by Gasteiger charge is -2.07. The van der Waals surface area contributed by atoms with Gasteiger partial charge in [0.15, 0.2) is 0 Å². The van der Waals surface area contributed by atoms with E-state index in [0.717, 1.165) is 29.1 Å². The zero-order chi connectivity index (χ0) is 12.4. The third-order valence-electron chi connectivity index (χ3n) is 3.28. The molecule has 0 radical (unpaired) electrons. The number of anilines is 1. The maximum atomic E-state index is 11.8. The van der Waals surface area contributed by atoms with E-state index in [2.05, 4.69) is 15.6 Å². The number of amides is 1. The van der Waals surface area contributed by atoms with E-state index in [1.807, 2.05) is 30.5 Å². The summed E-state index contributed by atoms with van der Waals surface area (Å²) in [6.07, 6.45) is 4.49. The first-order valence-electron chi connectivity index (χ1n) is 6.39. The molecule has 3 N–H and O–H groups in total. The van der Waals surface area contributed by atoms with Crippen LogP contribution >= 0.6 is 0 Å². The summed E-state index contributed by atoms with van der Waals surface area (Å²) in [7, 11) is 0. The second-order valence-corrected chi connectivity index (χ2v) is 4.87. The molecule has 1 aromatic carbocycles. The van der Waals surface area contributed by atoms with E-state index in [1.165, 1.54) is 12.8 Å². The number of H-pyrrole nitrogens is 1. The highest BCUT2D eigenvalue weighted by molar-refractivity contribution is 6.01. The second-order valence-electron chi connectivity index (χ2n) is 4.87. The van der Waals surface area contributed by atoms with Gasteiger partial charge >= 0.3 is 0 Å². The Balaban J connectivity index is 1.60. The minimum absolute atomic E-state index is 0.0179. The molecule has 3 rings (SSSR count). The highest BCUT2D eigenvalue weighted by Crippen LogP contribution is 2.27. The maximum absolute atomic E-state index is 11.8. The van der Waals surface area contributed by atoms with Crippen molar-refractivity contribution in [3.8, 4) is 0 Å². The van der Waals surface area contributed by atoms with E-state index in [-0.39, 0.29) is 5.91 Å². The van der Waals surface area contributed by atoms with Gasteiger partial charge in [-0.15, -0.1) is 0 Å². The lowest BCUT2D eigenvalue weighted by Crippen LogP contribution is -2.29. The minimum Gasteiger partial charge on any atom is -0.361 e. The number of hydrogen-bond acceptors (Lipinski definition) is 2. The van der Waals surface area contributed by atoms with E-state index < -0.39 is 0 Å². The summed E-state index contributed by atoms with van der Waals surface area (Å²) >= 11 is 0. The SMILES string of the molecule is O=C(CNCC1CC1)Nc1cccc2[nH]ccc12. The lowest BCUT2D eigenvalue weighted by molar-refractivity contribution is -0.115. The number of hydrogen-bond donors (Lipinski definition) is 3. The van der Waals surface area contributed by atoms with Crippen LogP contribution in [0, 0.1) is 5.92 Å². The van der Waals surface area contributed by atoms with Crippen molar-refractivity contribution in [2.75, 3.05) is 18.4 Å². The largest absolute Gasteiger partial charge is 0.361 e. The molecule has 0 atom stereocenters. The number of benzene rings is 1. The van der Waals surface area contributed by atoms with Crippen LogP contribution in [-0.2, 0) is 4.79 Å². The van der Waals surface area contributed by atoms with E-state index in [0.29, 0.717) is 6.54 Å². The first kappa shape index (κ1) is 11.3. The van der Waals surface area contributed by atoms with Crippen molar-refractivity contribution in [3.63, 3.8) is 0 Å². The molecule has 0 bridgehead atoms. The van der Waals surface area contributed by atoms with Crippen LogP contribution in [0.4, 0.5) is 5.69 Å². The number of aromatic nitrogens is 1. The summed E-state index contributed by atoms with van der Waals surface area (Å²) in [6.45, 7) is 1.35. The normalized spacial score (nSPS) is 14.9. The number of aromatic amines is 1. The summed E-state index contributed by atoms with van der Waals surface area (Å²) in [5.74, 6) is 0.815. The Bertz CT molecular complexity index is 557. The van der Waals surface area contributed by atoms with E-state index in [9.17, 15) is 4.79 Å². The van der Waals surface area contributed by atoms with Gasteiger partial charge in [0.25, 0.3) is 0 Å². The molecule has 0 unspecified atom stereocenters. The first-order valence-corrected chi connectivity index (χ1v) is 6.39. The van der Waals surface area contributed by atoms with Crippen molar-refractivity contribution < 1.29 is 4.79 Å². The van der Waals surface area contributed by atoms with E-state index in [1.54, 1.807) is 0 Å². The minimum atomic E-state index is 0.0179. The van der Waals surface area contributed by atoms with Gasteiger partial charge < -0.3 is 15.6 Å². The number of fused-ring (bicyclic) bond motifs is 1. The van der Waals surface area contributed by atoms with Gasteiger partial charge in [0.1, 0.15) is 0 Å². The third-order valence-corrected chi connectivity index (χ3v) is 3.28. The molecular formula is C14H17N3O. The molecule has 0 saturated heterocycles. The van der Waals surface area contributed by atoms with Crippen molar-refractivity contribution in [1.82, 2.24) is 10.3 Å². The summed E-state index contributed by atoms with van der Waals surface area (Å²) in [5, 5.41) is 7.18. The first-order chi connectivity index (χ1) is 8.83. The molecule has 1 amide bonds. The molecule has 1 aliphatic rings. The Labute approximate surface area is 106 Å². The fourth-order valence-corrected chi connectivity index (χ4v) is 2.10. The van der Waals surface area contributed by atoms with Gasteiger partial charge in [0, 0.05) is 17.1 Å². The van der Waals surface area contributed by atoms with Gasteiger partial charge in [-0.3, -0.25) is 4.79 Å². The molecule has 18 heavy (non-hydrogen) atoms. The van der Waals surface area contributed by atoms with Crippen molar-refractivity contribution >= 4 is 22.5 Å². The molecule has 2 aromatic rings. The van der Waals surface area contributed by atoms with Crippen LogP contribution in [0.25, 0.3) is 10.9 Å². The van der Waals surface area contributed by atoms with Crippen LogP contribution in [0.2, 0.25) is 0 Å². The topological polar surface area (TPSA) is 56.9 Å². The van der Waals surface area contributed by atoms with Crippen LogP contribution in [0.1, 0.15) is 12.8 Å². The highest BCUT2D eigenvalue weighted by atomic mass is 16.1. The maximum Gasteiger partial charge on any atom is 0.238 e. The smallest absolute Gasteiger partial charge is 0.238 e. The standard InChI is InChI=1S/C14H17N3O/c18-14(9-15-8-10-4-5-10)17-13-3-1-2-12-11(13)6-7-16-12/h1-3,6-7,10,15-16H,4-5,8-9H2,(H,17,18). The fourth-order valence-electron chi connectivity index (χ4n) is 2.10. The fraction of sp³-hybridized carbons (Fsp3) is 0.357. The van der Waals surface area contributed by atoms with Gasteiger partial charge in [-0.25, -0.2) is 0 Å². The zero-order valence-electron chi connectivity index (χ0n) is 10.2. The Morgan fingerprint density at radius 3 is 3.06 bits per heavy atom. The quantitative estimate of drug-likeness (QED) is 0.753. The molecule has 94 valence electrons. The van der Waals surface area contributed by atoms with Gasteiger partial charge in [-0.05, 0) is 43.5 Å². The molecular weight excluding hydrogens is 226 g/mol. The monoisotopic (exact) mass is 243 g/mol. The second kappa shape index (κ2) is 4.82. The van der Waals surface area contributed by atoms with Gasteiger partial charge in [-0.1, -0.05) is 6.07 Å². The summed E-state index contributed by atoms with van der Waals surface area (Å²) in [5.41, 5.74) is 1.91. The van der Waals surface area contributed by atoms with Crippen LogP contribution in [0.15, 0.2) is 30.5 Å². The number of carbonyl (C=O) groups excluding carboxylic acids is 1. The van der Waals surface area contributed by atoms with Gasteiger partial charge in [-0.2, -0.15) is 0 Å². The van der Waals surface area contributed by atoms with Gasteiger partial charge in [0.2, 0.25) is 5.91 Å². The molecule has 0 aliphatic heterocycles. The predicted octanol–water partition coefficient (Wildman–Crippen LogP) is 2.11. The zero-order valence-corrected chi connectivity index (χ0v) is 10.2. The van der Waals surface area contributed by atoms with Gasteiger partial charge in [0.05, 0.1) is 12.2 Å². The number of nitrogens with one attached hydrogen (secondary N) is 3. The number of carbonyl (C=O) groups is 1. The van der Waals surface area contributed by atoms with Crippen molar-refractivity contribution in [2.45, 2.75) is 12.8 Å². The average Bonchev–Trinajstić information content (AvgIpc) is 3.05. The van der Waals surface area contributed by atoms with Crippen LogP contribution < -0.4 is 10.6 Å². The van der Waals surface area contributed by atoms with E-state index >= 15 is 0 Å². The van der Waals surface area contributed by atoms with Crippen molar-refractivity contribution in [3.05, 3.63) is 30.5 Å². The van der Waals surface area contributed by atoms with Crippen LogP contribution in [0.3, 0.4) is 0 Å². The van der Waals surface area contributed by atoms with Crippen LogP contribution in [0.5, 0.6) is 0 Å². The lowest BCUT2D eigenvalue weighted by atomic mass is 10.2. The highest BCUT2D eigenvalue weighted by Gasteiger charge is 2.20. The van der Waals surface area contributed by atoms with Crippen LogP contribution in [-0.4, -0.2) is 24.0 Å². The van der Waals surface area contributed by atoms with E-state index in [4.69, 9.17) is 0 Å². The number of rotatable bonds is 5. The molecule has 0 spiro atoms. The molecule has 4 nitrogen and oxygen atoms in total. The summed E-state index contributed by atoms with van der Waals surface area (Å²) in [4.78, 5) is 14.9. The molecule has 1 aromatic heterocycles. The Morgan fingerprint density at radius 1 is 1.33 bits per heavy atom. The molecule has 1 aliphatic carbocycles.